The Balaban J connectivity index is 0.00000306. The van der Waals surface area contributed by atoms with E-state index < -0.39 is 11.6 Å². The summed E-state index contributed by atoms with van der Waals surface area (Å²) in [6.45, 7) is 2.98. The third kappa shape index (κ3) is 5.21. The summed E-state index contributed by atoms with van der Waals surface area (Å²) in [6, 6.07) is 11.6. The number of hydrogen-bond donors (Lipinski definition) is 0. The topological polar surface area (TPSA) is 54.3 Å². The molecule has 0 unspecified atom stereocenters. The summed E-state index contributed by atoms with van der Waals surface area (Å²) < 4.78 is 30.0. The molecule has 0 saturated carbocycles. The monoisotopic (exact) mass is 491 g/mol. The van der Waals surface area contributed by atoms with E-state index in [2.05, 4.69) is 10.1 Å². The second-order valence-corrected chi connectivity index (χ2v) is 8.74. The average Bonchev–Trinajstić information content (AvgIpc) is 3.35. The van der Waals surface area contributed by atoms with Crippen molar-refractivity contribution < 1.29 is 13.6 Å². The number of nitrogens with zero attached hydrogens (tertiary/aromatic N) is 5. The highest BCUT2D eigenvalue weighted by atomic mass is 35.5. The molecule has 2 aromatic heterocycles. The normalized spacial score (nSPS) is 11.1. The Labute approximate surface area is 200 Å². The second-order valence-electron chi connectivity index (χ2n) is 7.74. The van der Waals surface area contributed by atoms with E-state index in [4.69, 9.17) is 0 Å². The van der Waals surface area contributed by atoms with Gasteiger partial charge in [-0.15, -0.1) is 12.4 Å². The van der Waals surface area contributed by atoms with Gasteiger partial charge in [-0.1, -0.05) is 29.5 Å². The van der Waals surface area contributed by atoms with Gasteiger partial charge >= 0.3 is 0 Å². The van der Waals surface area contributed by atoms with E-state index in [1.54, 1.807) is 4.68 Å². The van der Waals surface area contributed by atoms with Gasteiger partial charge in [0, 0.05) is 12.6 Å². The molecule has 10 heteroatoms. The number of aromatic nitrogens is 3. The summed E-state index contributed by atoms with van der Waals surface area (Å²) in [6.07, 6.45) is 2.23. The van der Waals surface area contributed by atoms with E-state index in [0.29, 0.717) is 34.1 Å². The molecular formula is C23H24ClF2N5OS. The van der Waals surface area contributed by atoms with Gasteiger partial charge < -0.3 is 4.90 Å². The van der Waals surface area contributed by atoms with Crippen molar-refractivity contribution in [3.8, 4) is 5.69 Å². The lowest BCUT2D eigenvalue weighted by Crippen LogP contribution is -2.33. The number of rotatable bonds is 7. The largest absolute Gasteiger partial charge is 0.309 e. The van der Waals surface area contributed by atoms with Gasteiger partial charge in [0.1, 0.15) is 11.3 Å². The first-order valence-electron chi connectivity index (χ1n) is 10.2. The Morgan fingerprint density at radius 3 is 2.55 bits per heavy atom. The zero-order valence-corrected chi connectivity index (χ0v) is 20.1. The fraction of sp³-hybridized carbons (Fsp3) is 0.261. The summed E-state index contributed by atoms with van der Waals surface area (Å²) in [5, 5.41) is 4.73. The van der Waals surface area contributed by atoms with Crippen LogP contribution in [0.25, 0.3) is 15.9 Å². The molecule has 0 aliphatic heterocycles. The number of hydrogen-bond acceptors (Lipinski definition) is 5. The molecule has 0 fully saturated rings. The fourth-order valence-corrected chi connectivity index (χ4v) is 4.51. The predicted molar refractivity (Wildman–Crippen MR) is 130 cm³/mol. The third-order valence-electron chi connectivity index (χ3n) is 5.11. The molecule has 0 N–H and O–H groups in total. The minimum absolute atomic E-state index is 0. The van der Waals surface area contributed by atoms with Gasteiger partial charge in [0.15, 0.2) is 10.9 Å². The molecule has 0 bridgehead atoms. The first kappa shape index (κ1) is 24.8. The maximum atomic E-state index is 14.2. The number of benzene rings is 2. The third-order valence-corrected chi connectivity index (χ3v) is 6.13. The summed E-state index contributed by atoms with van der Waals surface area (Å²) in [5.74, 6) is -1.68. The van der Waals surface area contributed by atoms with Gasteiger partial charge in [-0.2, -0.15) is 5.10 Å². The van der Waals surface area contributed by atoms with Crippen molar-refractivity contribution in [3.63, 3.8) is 0 Å². The maximum Gasteiger partial charge on any atom is 0.263 e. The highest BCUT2D eigenvalue weighted by Crippen LogP contribution is 2.32. The number of carbonyl (C=O) groups excluding carboxylic acids is 1. The SMILES string of the molecule is Cc1c(C(=O)N(CCCN(C)C)c2nc3c(F)cc(F)cc3s2)cnn1-c1ccccc1.Cl. The van der Waals surface area contributed by atoms with Crippen molar-refractivity contribution in [1.29, 1.82) is 0 Å². The summed E-state index contributed by atoms with van der Waals surface area (Å²) in [4.78, 5) is 21.5. The van der Waals surface area contributed by atoms with E-state index in [1.165, 1.54) is 17.2 Å². The van der Waals surface area contributed by atoms with Crippen molar-refractivity contribution >= 4 is 45.0 Å². The molecule has 0 atom stereocenters. The van der Waals surface area contributed by atoms with Crippen LogP contribution >= 0.6 is 23.7 Å². The van der Waals surface area contributed by atoms with Crippen LogP contribution in [0.15, 0.2) is 48.7 Å². The van der Waals surface area contributed by atoms with Crippen LogP contribution in [0, 0.1) is 18.6 Å². The Morgan fingerprint density at radius 2 is 1.85 bits per heavy atom. The Bertz CT molecular complexity index is 1260. The standard InChI is InChI=1S/C23H23F2N5OS.ClH/c1-15-18(14-26-30(15)17-8-5-4-6-9-17)22(31)29(11-7-10-28(2)3)23-27-21-19(25)12-16(24)13-20(21)32-23;/h4-6,8-9,12-14H,7,10-11H2,1-3H3;1H. The molecule has 0 spiro atoms. The molecule has 4 rings (SSSR count). The number of anilines is 1. The van der Waals surface area contributed by atoms with Crippen LogP contribution in [0.4, 0.5) is 13.9 Å². The van der Waals surface area contributed by atoms with Gasteiger partial charge in [-0.05, 0) is 52.2 Å². The molecule has 0 aliphatic rings. The van der Waals surface area contributed by atoms with Crippen molar-refractivity contribution in [2.24, 2.45) is 0 Å². The number of carbonyl (C=O) groups is 1. The smallest absolute Gasteiger partial charge is 0.263 e. The molecule has 0 aliphatic carbocycles. The summed E-state index contributed by atoms with van der Waals surface area (Å²) in [7, 11) is 3.91. The average molecular weight is 492 g/mol. The minimum atomic E-state index is -0.740. The first-order valence-corrected chi connectivity index (χ1v) is 11.0. The zero-order valence-electron chi connectivity index (χ0n) is 18.5. The van der Waals surface area contributed by atoms with Crippen LogP contribution < -0.4 is 4.90 Å². The molecular weight excluding hydrogens is 468 g/mol. The number of amides is 1. The predicted octanol–water partition coefficient (Wildman–Crippen LogP) is 5.09. The lowest BCUT2D eigenvalue weighted by Gasteiger charge is -2.21. The first-order chi connectivity index (χ1) is 15.3. The zero-order chi connectivity index (χ0) is 22.8. The van der Waals surface area contributed by atoms with Gasteiger partial charge in [0.05, 0.1) is 27.8 Å². The van der Waals surface area contributed by atoms with Crippen molar-refractivity contribution in [3.05, 3.63) is 71.6 Å². The van der Waals surface area contributed by atoms with Gasteiger partial charge in [0.25, 0.3) is 5.91 Å². The molecule has 33 heavy (non-hydrogen) atoms. The van der Waals surface area contributed by atoms with Crippen LogP contribution in [0.3, 0.4) is 0 Å². The van der Waals surface area contributed by atoms with Crippen LogP contribution in [0.5, 0.6) is 0 Å². The molecule has 174 valence electrons. The highest BCUT2D eigenvalue weighted by molar-refractivity contribution is 7.22. The lowest BCUT2D eigenvalue weighted by molar-refractivity contribution is 0.0985. The van der Waals surface area contributed by atoms with Crippen LogP contribution in [0.1, 0.15) is 22.5 Å². The van der Waals surface area contributed by atoms with Crippen LogP contribution in [-0.2, 0) is 0 Å². The van der Waals surface area contributed by atoms with E-state index in [0.717, 1.165) is 29.6 Å². The summed E-state index contributed by atoms with van der Waals surface area (Å²) >= 11 is 1.10. The van der Waals surface area contributed by atoms with Gasteiger partial charge in [-0.3, -0.25) is 9.69 Å². The van der Waals surface area contributed by atoms with E-state index in [9.17, 15) is 13.6 Å². The highest BCUT2D eigenvalue weighted by Gasteiger charge is 2.25. The van der Waals surface area contributed by atoms with E-state index in [-0.39, 0.29) is 23.8 Å². The quantitative estimate of drug-likeness (QED) is 0.361. The molecule has 6 nitrogen and oxygen atoms in total. The van der Waals surface area contributed by atoms with Crippen LogP contribution in [-0.4, -0.2) is 52.8 Å². The Kier molecular flexibility index (Phi) is 7.78. The number of para-hydroxylation sites is 1. The number of halogens is 3. The van der Waals surface area contributed by atoms with Gasteiger partial charge in [-0.25, -0.2) is 18.4 Å². The van der Waals surface area contributed by atoms with Gasteiger partial charge in [0.2, 0.25) is 0 Å². The molecule has 2 aromatic carbocycles. The van der Waals surface area contributed by atoms with Crippen molar-refractivity contribution in [2.45, 2.75) is 13.3 Å². The second kappa shape index (κ2) is 10.4. The lowest BCUT2D eigenvalue weighted by atomic mass is 10.2. The molecule has 2 heterocycles. The fourth-order valence-electron chi connectivity index (χ4n) is 3.48. The molecule has 1 amide bonds. The van der Waals surface area contributed by atoms with E-state index >= 15 is 0 Å². The Morgan fingerprint density at radius 1 is 1.12 bits per heavy atom. The molecule has 0 saturated heterocycles. The molecule has 0 radical (unpaired) electrons. The molecule has 4 aromatic rings. The van der Waals surface area contributed by atoms with Crippen LogP contribution in [0.2, 0.25) is 0 Å². The summed E-state index contributed by atoms with van der Waals surface area (Å²) in [5.41, 5.74) is 2.04. The van der Waals surface area contributed by atoms with Crippen molar-refractivity contribution in [1.82, 2.24) is 19.7 Å². The minimum Gasteiger partial charge on any atom is -0.309 e. The van der Waals surface area contributed by atoms with Crippen molar-refractivity contribution in [2.75, 3.05) is 32.1 Å². The Hall–Kier alpha value is -2.88. The number of thiazole rings is 1. The maximum absolute atomic E-state index is 14.2. The van der Waals surface area contributed by atoms with E-state index in [1.807, 2.05) is 56.3 Å². The number of fused-ring (bicyclic) bond motifs is 1.